The molecule has 19 heavy (non-hydrogen) atoms. The highest BCUT2D eigenvalue weighted by atomic mass is 32.1. The van der Waals surface area contributed by atoms with Crippen molar-refractivity contribution in [3.05, 3.63) is 28.5 Å². The summed E-state index contributed by atoms with van der Waals surface area (Å²) in [6.45, 7) is 4.46. The van der Waals surface area contributed by atoms with Gasteiger partial charge in [0.1, 0.15) is 0 Å². The third-order valence-electron chi connectivity index (χ3n) is 4.72. The lowest BCUT2D eigenvalue weighted by molar-refractivity contribution is 0.272. The Hall–Kier alpha value is -1.09. The average molecular weight is 274 g/mol. The Kier molecular flexibility index (Phi) is 3.48. The van der Waals surface area contributed by atoms with Gasteiger partial charge < -0.3 is 9.55 Å². The van der Waals surface area contributed by atoms with E-state index in [0.717, 1.165) is 10.7 Å². The first-order valence-corrected chi connectivity index (χ1v) is 7.81. The lowest BCUT2D eigenvalue weighted by Gasteiger charge is -2.29. The van der Waals surface area contributed by atoms with Crippen LogP contribution in [-0.2, 0) is 0 Å². The van der Waals surface area contributed by atoms with E-state index >= 15 is 0 Å². The van der Waals surface area contributed by atoms with Gasteiger partial charge in [0.15, 0.2) is 4.77 Å². The monoisotopic (exact) mass is 274 g/mol. The van der Waals surface area contributed by atoms with E-state index in [-0.39, 0.29) is 0 Å². The number of aryl methyl sites for hydroxylation is 1. The molecule has 1 fully saturated rings. The average Bonchev–Trinajstić information content (AvgIpc) is 2.77. The number of rotatable bonds is 2. The lowest BCUT2D eigenvalue weighted by atomic mass is 9.84. The van der Waals surface area contributed by atoms with Crippen LogP contribution in [0.25, 0.3) is 11.0 Å². The van der Waals surface area contributed by atoms with Crippen molar-refractivity contribution in [1.29, 1.82) is 0 Å². The molecule has 0 saturated heterocycles. The van der Waals surface area contributed by atoms with Gasteiger partial charge in [0.25, 0.3) is 0 Å². The first kappa shape index (κ1) is 12.9. The van der Waals surface area contributed by atoms with Gasteiger partial charge in [0, 0.05) is 6.04 Å². The molecule has 1 aromatic heterocycles. The van der Waals surface area contributed by atoms with E-state index in [1.54, 1.807) is 0 Å². The second kappa shape index (κ2) is 5.12. The normalized spacial score (nSPS) is 23.9. The number of hydrogen-bond donors (Lipinski definition) is 1. The smallest absolute Gasteiger partial charge is 0.178 e. The molecule has 2 aromatic rings. The summed E-state index contributed by atoms with van der Waals surface area (Å²) in [5.41, 5.74) is 3.78. The molecule has 0 atom stereocenters. The third kappa shape index (κ3) is 2.25. The van der Waals surface area contributed by atoms with Crippen molar-refractivity contribution in [2.24, 2.45) is 5.92 Å². The van der Waals surface area contributed by atoms with Crippen LogP contribution in [0.4, 0.5) is 0 Å². The number of benzene rings is 1. The van der Waals surface area contributed by atoms with Crippen LogP contribution in [0.1, 0.15) is 50.6 Å². The Morgan fingerprint density at radius 1 is 1.26 bits per heavy atom. The van der Waals surface area contributed by atoms with E-state index in [0.29, 0.717) is 6.04 Å². The maximum Gasteiger partial charge on any atom is 0.178 e. The minimum atomic E-state index is 0.589. The summed E-state index contributed by atoms with van der Waals surface area (Å²) in [4.78, 5) is 3.40. The standard InChI is InChI=1S/C16H22N2S/c1-3-12-7-9-13(10-8-12)18-14-6-4-5-11(2)15(14)17-16(18)19/h4-6,12-13H,3,7-10H2,1-2H3,(H,17,19). The molecule has 0 aliphatic heterocycles. The van der Waals surface area contributed by atoms with Gasteiger partial charge in [-0.1, -0.05) is 25.5 Å². The molecule has 0 spiro atoms. The number of imidazole rings is 1. The fourth-order valence-corrected chi connectivity index (χ4v) is 3.82. The lowest BCUT2D eigenvalue weighted by Crippen LogP contribution is -2.17. The van der Waals surface area contributed by atoms with Gasteiger partial charge in [-0.25, -0.2) is 0 Å². The Bertz CT molecular complexity index is 630. The molecular weight excluding hydrogens is 252 g/mol. The van der Waals surface area contributed by atoms with Gasteiger partial charge in [-0.05, 0) is 62.4 Å². The number of aromatic amines is 1. The molecular formula is C16H22N2S. The minimum absolute atomic E-state index is 0.589. The molecule has 2 nitrogen and oxygen atoms in total. The number of fused-ring (bicyclic) bond motifs is 1. The fraction of sp³-hybridized carbons (Fsp3) is 0.562. The number of nitrogens with one attached hydrogen (secondary N) is 1. The number of H-pyrrole nitrogens is 1. The van der Waals surface area contributed by atoms with E-state index in [2.05, 4.69) is 41.6 Å². The van der Waals surface area contributed by atoms with E-state index < -0.39 is 0 Å². The van der Waals surface area contributed by atoms with Crippen molar-refractivity contribution < 1.29 is 0 Å². The molecule has 1 N–H and O–H groups in total. The van der Waals surface area contributed by atoms with Crippen LogP contribution in [0.2, 0.25) is 0 Å². The summed E-state index contributed by atoms with van der Waals surface area (Å²) >= 11 is 5.56. The molecule has 1 heterocycles. The molecule has 1 aliphatic carbocycles. The largest absolute Gasteiger partial charge is 0.330 e. The van der Waals surface area contributed by atoms with Crippen LogP contribution < -0.4 is 0 Å². The van der Waals surface area contributed by atoms with Crippen LogP contribution in [0.5, 0.6) is 0 Å². The maximum absolute atomic E-state index is 5.56. The van der Waals surface area contributed by atoms with Crippen molar-refractivity contribution in [2.75, 3.05) is 0 Å². The van der Waals surface area contributed by atoms with Crippen LogP contribution in [0.15, 0.2) is 18.2 Å². The van der Waals surface area contributed by atoms with E-state index in [1.165, 1.54) is 48.7 Å². The second-order valence-electron chi connectivity index (χ2n) is 5.85. The first-order chi connectivity index (χ1) is 9.20. The van der Waals surface area contributed by atoms with E-state index in [9.17, 15) is 0 Å². The van der Waals surface area contributed by atoms with Crippen molar-refractivity contribution in [3.8, 4) is 0 Å². The van der Waals surface area contributed by atoms with Gasteiger partial charge in [0.2, 0.25) is 0 Å². The molecule has 3 heteroatoms. The van der Waals surface area contributed by atoms with Crippen molar-refractivity contribution >= 4 is 23.3 Å². The molecule has 3 rings (SSSR count). The van der Waals surface area contributed by atoms with E-state index in [1.807, 2.05) is 0 Å². The Morgan fingerprint density at radius 3 is 2.68 bits per heavy atom. The van der Waals surface area contributed by atoms with Crippen molar-refractivity contribution in [3.63, 3.8) is 0 Å². The van der Waals surface area contributed by atoms with Crippen LogP contribution in [0.3, 0.4) is 0 Å². The number of nitrogens with zero attached hydrogens (tertiary/aromatic N) is 1. The molecule has 0 unspecified atom stereocenters. The van der Waals surface area contributed by atoms with Crippen LogP contribution >= 0.6 is 12.2 Å². The molecule has 1 aliphatic rings. The zero-order chi connectivity index (χ0) is 13.4. The first-order valence-electron chi connectivity index (χ1n) is 7.40. The summed E-state index contributed by atoms with van der Waals surface area (Å²) in [7, 11) is 0. The summed E-state index contributed by atoms with van der Waals surface area (Å²) in [5, 5.41) is 0. The van der Waals surface area contributed by atoms with Gasteiger partial charge in [-0.2, -0.15) is 0 Å². The highest BCUT2D eigenvalue weighted by molar-refractivity contribution is 7.71. The number of para-hydroxylation sites is 1. The molecule has 0 bridgehead atoms. The van der Waals surface area contributed by atoms with Gasteiger partial charge in [-0.3, -0.25) is 0 Å². The minimum Gasteiger partial charge on any atom is -0.330 e. The Labute approximate surface area is 119 Å². The quantitative estimate of drug-likeness (QED) is 0.751. The topological polar surface area (TPSA) is 20.7 Å². The third-order valence-corrected chi connectivity index (χ3v) is 5.02. The molecule has 1 aromatic carbocycles. The Morgan fingerprint density at radius 2 is 2.00 bits per heavy atom. The summed E-state index contributed by atoms with van der Waals surface area (Å²) in [5.74, 6) is 0.928. The predicted octanol–water partition coefficient (Wildman–Crippen LogP) is 5.15. The van der Waals surface area contributed by atoms with Crippen LogP contribution in [0, 0.1) is 17.6 Å². The zero-order valence-electron chi connectivity index (χ0n) is 11.8. The van der Waals surface area contributed by atoms with Gasteiger partial charge in [-0.15, -0.1) is 0 Å². The van der Waals surface area contributed by atoms with Crippen molar-refractivity contribution in [2.45, 2.75) is 52.0 Å². The Balaban J connectivity index is 1.99. The number of hydrogen-bond acceptors (Lipinski definition) is 1. The number of aromatic nitrogens is 2. The highest BCUT2D eigenvalue weighted by Gasteiger charge is 2.23. The maximum atomic E-state index is 5.56. The summed E-state index contributed by atoms with van der Waals surface area (Å²) in [6.07, 6.45) is 6.56. The summed E-state index contributed by atoms with van der Waals surface area (Å²) < 4.78 is 3.26. The van der Waals surface area contributed by atoms with Crippen LogP contribution in [-0.4, -0.2) is 9.55 Å². The predicted molar refractivity (Wildman–Crippen MR) is 83.1 cm³/mol. The summed E-state index contributed by atoms with van der Waals surface area (Å²) in [6, 6.07) is 7.06. The molecule has 102 valence electrons. The molecule has 1 saturated carbocycles. The van der Waals surface area contributed by atoms with Gasteiger partial charge >= 0.3 is 0 Å². The highest BCUT2D eigenvalue weighted by Crippen LogP contribution is 2.35. The van der Waals surface area contributed by atoms with Crippen molar-refractivity contribution in [1.82, 2.24) is 9.55 Å². The zero-order valence-corrected chi connectivity index (χ0v) is 12.6. The molecule has 0 radical (unpaired) electrons. The van der Waals surface area contributed by atoms with E-state index in [4.69, 9.17) is 12.2 Å². The second-order valence-corrected chi connectivity index (χ2v) is 6.24. The van der Waals surface area contributed by atoms with Gasteiger partial charge in [0.05, 0.1) is 11.0 Å². The fourth-order valence-electron chi connectivity index (χ4n) is 3.47. The SMILES string of the molecule is CCC1CCC(n2c(=S)[nH]c3c(C)cccc32)CC1. The molecule has 0 amide bonds.